The second-order valence-electron chi connectivity index (χ2n) is 9.47. The van der Waals surface area contributed by atoms with Gasteiger partial charge in [0.2, 0.25) is 0 Å². The number of hydrogen-bond acceptors (Lipinski definition) is 6. The fraction of sp³-hybridized carbons (Fsp3) is 0.276. The van der Waals surface area contributed by atoms with Gasteiger partial charge in [-0.15, -0.1) is 0 Å². The molecule has 0 saturated carbocycles. The zero-order valence-electron chi connectivity index (χ0n) is 21.0. The van der Waals surface area contributed by atoms with Crippen molar-refractivity contribution in [2.45, 2.75) is 31.9 Å². The van der Waals surface area contributed by atoms with Crippen molar-refractivity contribution in [3.8, 4) is 17.2 Å². The minimum atomic E-state index is -0.360. The van der Waals surface area contributed by atoms with Gasteiger partial charge in [-0.05, 0) is 60.9 Å². The van der Waals surface area contributed by atoms with Crippen LogP contribution < -0.4 is 9.47 Å². The Morgan fingerprint density at radius 2 is 1.78 bits per heavy atom. The Kier molecular flexibility index (Phi) is 7.18. The summed E-state index contributed by atoms with van der Waals surface area (Å²) in [6.45, 7) is 4.15. The molecule has 1 saturated heterocycles. The smallest absolute Gasteiger partial charge is 0.276 e. The monoisotopic (exact) mass is 498 g/mol. The number of likely N-dealkylation sites (tertiary alicyclic amines) is 1. The average Bonchev–Trinajstić information content (AvgIpc) is 3.41. The molecule has 4 aromatic rings. The number of nitro benzene ring substituents is 1. The summed E-state index contributed by atoms with van der Waals surface area (Å²) in [5.41, 5.74) is 4.03. The maximum Gasteiger partial charge on any atom is 0.276 e. The number of rotatable bonds is 8. The first-order valence-corrected chi connectivity index (χ1v) is 12.4. The van der Waals surface area contributed by atoms with Crippen LogP contribution in [-0.4, -0.2) is 45.9 Å². The normalized spacial score (nSPS) is 17.9. The van der Waals surface area contributed by atoms with E-state index in [4.69, 9.17) is 9.47 Å². The number of aryl methyl sites for hydroxylation is 1. The van der Waals surface area contributed by atoms with Crippen LogP contribution in [-0.2, 0) is 6.54 Å². The summed E-state index contributed by atoms with van der Waals surface area (Å²) in [7, 11) is 1.65. The topological polar surface area (TPSA) is 82.7 Å². The Balaban J connectivity index is 1.38. The first kappa shape index (κ1) is 24.5. The lowest BCUT2D eigenvalue weighted by molar-refractivity contribution is -0.385. The van der Waals surface area contributed by atoms with Crippen molar-refractivity contribution >= 4 is 5.69 Å². The van der Waals surface area contributed by atoms with E-state index >= 15 is 0 Å². The number of hydrogen-bond donors (Lipinski definition) is 0. The van der Waals surface area contributed by atoms with Crippen LogP contribution in [0.3, 0.4) is 0 Å². The Labute approximate surface area is 216 Å². The Bertz CT molecular complexity index is 1350. The predicted molar refractivity (Wildman–Crippen MR) is 141 cm³/mol. The van der Waals surface area contributed by atoms with Crippen LogP contribution in [0, 0.1) is 17.0 Å². The molecule has 2 unspecified atom stereocenters. The van der Waals surface area contributed by atoms with E-state index in [1.807, 2.05) is 47.3 Å². The maximum atomic E-state index is 11.4. The molecule has 1 aliphatic rings. The molecule has 1 aromatic heterocycles. The van der Waals surface area contributed by atoms with E-state index < -0.39 is 0 Å². The molecule has 2 atom stereocenters. The van der Waals surface area contributed by atoms with Crippen LogP contribution in [0.2, 0.25) is 0 Å². The Hall–Kier alpha value is -4.17. The van der Waals surface area contributed by atoms with Crippen LogP contribution in [0.25, 0.3) is 5.69 Å². The van der Waals surface area contributed by atoms with Gasteiger partial charge in [-0.2, -0.15) is 5.10 Å². The number of aromatic nitrogens is 2. The van der Waals surface area contributed by atoms with Gasteiger partial charge in [-0.1, -0.05) is 30.3 Å². The van der Waals surface area contributed by atoms with E-state index in [1.54, 1.807) is 20.1 Å². The number of ether oxygens (including phenoxy) is 2. The van der Waals surface area contributed by atoms with E-state index in [0.717, 1.165) is 43.1 Å². The lowest BCUT2D eigenvalue weighted by Gasteiger charge is -2.37. The number of benzene rings is 3. The first-order chi connectivity index (χ1) is 18.0. The number of methoxy groups -OCH3 is 1. The first-order valence-electron chi connectivity index (χ1n) is 12.4. The van der Waals surface area contributed by atoms with Gasteiger partial charge in [-0.25, -0.2) is 4.68 Å². The van der Waals surface area contributed by atoms with Crippen molar-refractivity contribution < 1.29 is 14.4 Å². The molecule has 37 heavy (non-hydrogen) atoms. The van der Waals surface area contributed by atoms with Crippen LogP contribution in [0.5, 0.6) is 11.5 Å². The van der Waals surface area contributed by atoms with Gasteiger partial charge in [0.1, 0.15) is 17.6 Å². The molecular formula is C29H30N4O4. The molecular weight excluding hydrogens is 468 g/mol. The minimum Gasteiger partial charge on any atom is -0.497 e. The van der Waals surface area contributed by atoms with Gasteiger partial charge in [0, 0.05) is 37.3 Å². The highest BCUT2D eigenvalue weighted by Gasteiger charge is 2.31. The van der Waals surface area contributed by atoms with Crippen molar-refractivity contribution in [1.82, 2.24) is 14.7 Å². The minimum absolute atomic E-state index is 0.0757. The number of nitro groups is 1. The largest absolute Gasteiger partial charge is 0.497 e. The van der Waals surface area contributed by atoms with E-state index in [2.05, 4.69) is 40.5 Å². The maximum absolute atomic E-state index is 11.4. The molecule has 1 aliphatic heterocycles. The second-order valence-corrected chi connectivity index (χ2v) is 9.47. The number of piperidine rings is 1. The van der Waals surface area contributed by atoms with Gasteiger partial charge in [0.05, 0.1) is 30.0 Å². The molecule has 0 N–H and O–H groups in total. The lowest BCUT2D eigenvalue weighted by Crippen LogP contribution is -2.44. The second kappa shape index (κ2) is 10.8. The van der Waals surface area contributed by atoms with Crippen molar-refractivity contribution in [1.29, 1.82) is 0 Å². The summed E-state index contributed by atoms with van der Waals surface area (Å²) in [5.74, 6) is 1.53. The van der Waals surface area contributed by atoms with Crippen molar-refractivity contribution in [3.05, 3.63) is 112 Å². The highest BCUT2D eigenvalue weighted by Crippen LogP contribution is 2.32. The summed E-state index contributed by atoms with van der Waals surface area (Å²) in [6, 6.07) is 23.3. The highest BCUT2D eigenvalue weighted by molar-refractivity contribution is 5.45. The molecule has 0 amide bonds. The lowest BCUT2D eigenvalue weighted by atomic mass is 9.90. The summed E-state index contributed by atoms with van der Waals surface area (Å²) in [6.07, 6.45) is 4.68. The van der Waals surface area contributed by atoms with Crippen LogP contribution in [0.1, 0.15) is 29.0 Å². The molecule has 3 aromatic carbocycles. The zero-order valence-corrected chi connectivity index (χ0v) is 21.0. The standard InChI is InChI=1S/C29H30N4O4/c1-21-8-11-27(15-29(21)33(34)35)37-28-14-23(18-31(20-28)17-22-6-4-3-5-7-22)24-16-30-32(19-24)25-9-12-26(36-2)13-10-25/h3-13,15-16,19,23,28H,14,17-18,20H2,1-2H3. The zero-order chi connectivity index (χ0) is 25.8. The predicted octanol–water partition coefficient (Wildman–Crippen LogP) is 5.53. The van der Waals surface area contributed by atoms with Gasteiger partial charge in [0.25, 0.3) is 5.69 Å². The van der Waals surface area contributed by atoms with Gasteiger partial charge in [-0.3, -0.25) is 15.0 Å². The summed E-state index contributed by atoms with van der Waals surface area (Å²) in [5, 5.41) is 16.1. The van der Waals surface area contributed by atoms with Crippen molar-refractivity contribution in [3.63, 3.8) is 0 Å². The molecule has 8 heteroatoms. The summed E-state index contributed by atoms with van der Waals surface area (Å²) in [4.78, 5) is 13.5. The SMILES string of the molecule is COc1ccc(-n2cc(C3CC(Oc4ccc(C)c([N+](=O)[O-])c4)CN(Cc4ccccc4)C3)cn2)cc1. The Morgan fingerprint density at radius 3 is 2.51 bits per heavy atom. The molecule has 1 fully saturated rings. The van der Waals surface area contributed by atoms with Crippen molar-refractivity contribution in [2.24, 2.45) is 0 Å². The molecule has 8 nitrogen and oxygen atoms in total. The summed E-state index contributed by atoms with van der Waals surface area (Å²) >= 11 is 0. The molecule has 0 bridgehead atoms. The summed E-state index contributed by atoms with van der Waals surface area (Å²) < 4.78 is 13.5. The fourth-order valence-electron chi connectivity index (χ4n) is 4.91. The third-order valence-electron chi connectivity index (χ3n) is 6.83. The van der Waals surface area contributed by atoms with Crippen molar-refractivity contribution in [2.75, 3.05) is 20.2 Å². The van der Waals surface area contributed by atoms with E-state index in [-0.39, 0.29) is 22.6 Å². The van der Waals surface area contributed by atoms with Gasteiger partial charge < -0.3 is 9.47 Å². The van der Waals surface area contributed by atoms with Crippen LogP contribution in [0.4, 0.5) is 5.69 Å². The van der Waals surface area contributed by atoms with E-state index in [0.29, 0.717) is 11.3 Å². The quantitative estimate of drug-likeness (QED) is 0.235. The third-order valence-corrected chi connectivity index (χ3v) is 6.83. The molecule has 190 valence electrons. The average molecular weight is 499 g/mol. The fourth-order valence-corrected chi connectivity index (χ4v) is 4.91. The Morgan fingerprint density at radius 1 is 1.03 bits per heavy atom. The molecule has 5 rings (SSSR count). The molecule has 0 aliphatic carbocycles. The molecule has 2 heterocycles. The van der Waals surface area contributed by atoms with Gasteiger partial charge >= 0.3 is 0 Å². The van der Waals surface area contributed by atoms with Crippen LogP contribution in [0.15, 0.2) is 85.2 Å². The third kappa shape index (κ3) is 5.81. The van der Waals surface area contributed by atoms with Gasteiger partial charge in [0.15, 0.2) is 0 Å². The molecule has 0 spiro atoms. The molecule has 0 radical (unpaired) electrons. The van der Waals surface area contributed by atoms with E-state index in [1.165, 1.54) is 11.6 Å². The van der Waals surface area contributed by atoms with E-state index in [9.17, 15) is 10.1 Å². The van der Waals surface area contributed by atoms with Crippen LogP contribution >= 0.6 is 0 Å². The highest BCUT2D eigenvalue weighted by atomic mass is 16.6. The number of nitrogens with zero attached hydrogens (tertiary/aromatic N) is 4.